The van der Waals surface area contributed by atoms with Crippen molar-refractivity contribution in [2.45, 2.75) is 31.6 Å². The normalized spacial score (nSPS) is 24.7. The van der Waals surface area contributed by atoms with Crippen LogP contribution in [0.4, 0.5) is 0 Å². The molecule has 1 saturated carbocycles. The van der Waals surface area contributed by atoms with E-state index in [1.165, 1.54) is 5.56 Å². The molecule has 0 spiro atoms. The maximum atomic E-state index is 10.5. The van der Waals surface area contributed by atoms with E-state index in [4.69, 9.17) is 14.6 Å². The highest BCUT2D eigenvalue weighted by molar-refractivity contribution is 5.66. The molecular formula is C14H16O4. The maximum absolute atomic E-state index is 10.5. The maximum Gasteiger partial charge on any atom is 0.303 e. The zero-order chi connectivity index (χ0) is 12.5. The molecule has 1 aliphatic heterocycles. The van der Waals surface area contributed by atoms with Gasteiger partial charge in [-0.25, -0.2) is 0 Å². The third-order valence-corrected chi connectivity index (χ3v) is 3.87. The molecule has 4 nitrogen and oxygen atoms in total. The van der Waals surface area contributed by atoms with Crippen molar-refractivity contribution < 1.29 is 19.4 Å². The monoisotopic (exact) mass is 248 g/mol. The summed E-state index contributed by atoms with van der Waals surface area (Å²) in [6.07, 6.45) is 3.27. The summed E-state index contributed by atoms with van der Waals surface area (Å²) < 4.78 is 10.6. The first-order valence-electron chi connectivity index (χ1n) is 6.33. The molecule has 1 aromatic carbocycles. The van der Waals surface area contributed by atoms with Gasteiger partial charge in [0.05, 0.1) is 0 Å². The van der Waals surface area contributed by atoms with E-state index < -0.39 is 5.97 Å². The SMILES string of the molecule is O=C(O)CCC1CC(c2ccc3c(c2)OCO3)C1. The summed E-state index contributed by atoms with van der Waals surface area (Å²) in [6.45, 7) is 0.310. The Hall–Kier alpha value is -1.71. The van der Waals surface area contributed by atoms with Crippen molar-refractivity contribution >= 4 is 5.97 Å². The number of hydrogen-bond acceptors (Lipinski definition) is 3. The lowest BCUT2D eigenvalue weighted by Crippen LogP contribution is -2.22. The second kappa shape index (κ2) is 4.52. The van der Waals surface area contributed by atoms with Gasteiger partial charge >= 0.3 is 5.97 Å². The number of fused-ring (bicyclic) bond motifs is 1. The van der Waals surface area contributed by atoms with Crippen molar-refractivity contribution in [3.63, 3.8) is 0 Å². The number of carbonyl (C=O) groups is 1. The van der Waals surface area contributed by atoms with E-state index >= 15 is 0 Å². The summed E-state index contributed by atoms with van der Waals surface area (Å²) in [5.74, 6) is 2.08. The second-order valence-electron chi connectivity index (χ2n) is 5.08. The number of ether oxygens (including phenoxy) is 2. The first-order chi connectivity index (χ1) is 8.72. The molecule has 0 bridgehead atoms. The summed E-state index contributed by atoms with van der Waals surface area (Å²) >= 11 is 0. The van der Waals surface area contributed by atoms with Crippen molar-refractivity contribution in [2.75, 3.05) is 6.79 Å². The van der Waals surface area contributed by atoms with Gasteiger partial charge in [-0.1, -0.05) is 6.07 Å². The van der Waals surface area contributed by atoms with E-state index in [1.54, 1.807) is 0 Å². The second-order valence-corrected chi connectivity index (χ2v) is 5.08. The molecule has 0 saturated heterocycles. The molecule has 0 unspecified atom stereocenters. The average Bonchev–Trinajstić information content (AvgIpc) is 2.73. The van der Waals surface area contributed by atoms with Crippen LogP contribution in [0, 0.1) is 5.92 Å². The molecule has 1 fully saturated rings. The minimum Gasteiger partial charge on any atom is -0.481 e. The van der Waals surface area contributed by atoms with Crippen LogP contribution in [0.15, 0.2) is 18.2 Å². The summed E-state index contributed by atoms with van der Waals surface area (Å²) in [5, 5.41) is 8.64. The largest absolute Gasteiger partial charge is 0.481 e. The Balaban J connectivity index is 1.57. The first-order valence-corrected chi connectivity index (χ1v) is 6.33. The van der Waals surface area contributed by atoms with E-state index in [0.29, 0.717) is 25.0 Å². The molecule has 1 heterocycles. The van der Waals surface area contributed by atoms with Gasteiger partial charge in [-0.05, 0) is 48.8 Å². The quantitative estimate of drug-likeness (QED) is 0.890. The molecule has 3 rings (SSSR count). The first kappa shape index (κ1) is 11.4. The Morgan fingerprint density at radius 1 is 1.28 bits per heavy atom. The number of benzene rings is 1. The van der Waals surface area contributed by atoms with Gasteiger partial charge in [-0.3, -0.25) is 4.79 Å². The van der Waals surface area contributed by atoms with Gasteiger partial charge in [-0.15, -0.1) is 0 Å². The number of carboxylic acid groups (broad SMARTS) is 1. The Bertz CT molecular complexity index is 463. The molecule has 4 heteroatoms. The topological polar surface area (TPSA) is 55.8 Å². The fraction of sp³-hybridized carbons (Fsp3) is 0.500. The lowest BCUT2D eigenvalue weighted by molar-refractivity contribution is -0.137. The molecule has 0 aromatic heterocycles. The predicted octanol–water partition coefficient (Wildman–Crippen LogP) is 2.77. The number of hydrogen-bond donors (Lipinski definition) is 1. The molecule has 18 heavy (non-hydrogen) atoms. The standard InChI is InChI=1S/C14H16O4/c15-14(16)4-1-9-5-11(6-9)10-2-3-12-13(7-10)18-8-17-12/h2-3,7,9,11H,1,4-6,8H2,(H,15,16). The van der Waals surface area contributed by atoms with Crippen LogP contribution in [0.25, 0.3) is 0 Å². The minimum absolute atomic E-state index is 0.290. The minimum atomic E-state index is -0.693. The fourth-order valence-electron chi connectivity index (χ4n) is 2.74. The van der Waals surface area contributed by atoms with E-state index in [0.717, 1.165) is 30.8 Å². The van der Waals surface area contributed by atoms with Crippen molar-refractivity contribution in [3.8, 4) is 11.5 Å². The van der Waals surface area contributed by atoms with Gasteiger partial charge in [0.15, 0.2) is 11.5 Å². The van der Waals surface area contributed by atoms with E-state index in [-0.39, 0.29) is 0 Å². The molecule has 0 radical (unpaired) electrons. The third kappa shape index (κ3) is 2.15. The third-order valence-electron chi connectivity index (χ3n) is 3.87. The highest BCUT2D eigenvalue weighted by atomic mass is 16.7. The van der Waals surface area contributed by atoms with Gasteiger partial charge in [0.2, 0.25) is 6.79 Å². The van der Waals surface area contributed by atoms with Crippen LogP contribution in [-0.2, 0) is 4.79 Å². The van der Waals surface area contributed by atoms with Gasteiger partial charge in [0, 0.05) is 6.42 Å². The predicted molar refractivity (Wildman–Crippen MR) is 64.9 cm³/mol. The summed E-state index contributed by atoms with van der Waals surface area (Å²) in [7, 11) is 0. The van der Waals surface area contributed by atoms with E-state index in [1.807, 2.05) is 6.07 Å². The van der Waals surface area contributed by atoms with Crippen LogP contribution in [0.2, 0.25) is 0 Å². The Kier molecular flexibility index (Phi) is 2.86. The van der Waals surface area contributed by atoms with Crippen molar-refractivity contribution in [1.82, 2.24) is 0 Å². The number of carboxylic acids is 1. The molecule has 1 aliphatic carbocycles. The fourth-order valence-corrected chi connectivity index (χ4v) is 2.74. The van der Waals surface area contributed by atoms with Crippen LogP contribution in [0.1, 0.15) is 37.2 Å². The zero-order valence-corrected chi connectivity index (χ0v) is 10.1. The molecule has 0 atom stereocenters. The molecule has 1 N–H and O–H groups in total. The lowest BCUT2D eigenvalue weighted by atomic mass is 9.69. The Morgan fingerprint density at radius 3 is 2.83 bits per heavy atom. The molecule has 0 amide bonds. The van der Waals surface area contributed by atoms with Crippen molar-refractivity contribution in [3.05, 3.63) is 23.8 Å². The van der Waals surface area contributed by atoms with Crippen LogP contribution in [0.3, 0.4) is 0 Å². The molecule has 96 valence electrons. The smallest absolute Gasteiger partial charge is 0.303 e. The van der Waals surface area contributed by atoms with E-state index in [9.17, 15) is 4.79 Å². The zero-order valence-electron chi connectivity index (χ0n) is 10.1. The van der Waals surface area contributed by atoms with Gasteiger partial charge in [0.1, 0.15) is 0 Å². The summed E-state index contributed by atoms with van der Waals surface area (Å²) in [4.78, 5) is 10.5. The lowest BCUT2D eigenvalue weighted by Gasteiger charge is -2.35. The average molecular weight is 248 g/mol. The summed E-state index contributed by atoms with van der Waals surface area (Å²) in [5.41, 5.74) is 1.28. The Labute approximate surface area is 106 Å². The van der Waals surface area contributed by atoms with Crippen LogP contribution < -0.4 is 9.47 Å². The van der Waals surface area contributed by atoms with Crippen LogP contribution in [-0.4, -0.2) is 17.9 Å². The van der Waals surface area contributed by atoms with Crippen molar-refractivity contribution in [1.29, 1.82) is 0 Å². The molecular weight excluding hydrogens is 232 g/mol. The van der Waals surface area contributed by atoms with Gasteiger partial charge < -0.3 is 14.6 Å². The Morgan fingerprint density at radius 2 is 2.06 bits per heavy atom. The summed E-state index contributed by atoms with van der Waals surface area (Å²) in [6, 6.07) is 6.11. The highest BCUT2D eigenvalue weighted by Gasteiger charge is 2.31. The van der Waals surface area contributed by atoms with Crippen LogP contribution >= 0.6 is 0 Å². The van der Waals surface area contributed by atoms with Crippen LogP contribution in [0.5, 0.6) is 11.5 Å². The number of aliphatic carboxylic acids is 1. The van der Waals surface area contributed by atoms with Gasteiger partial charge in [-0.2, -0.15) is 0 Å². The number of rotatable bonds is 4. The van der Waals surface area contributed by atoms with E-state index in [2.05, 4.69) is 12.1 Å². The molecule has 2 aliphatic rings. The molecule has 1 aromatic rings. The highest BCUT2D eigenvalue weighted by Crippen LogP contribution is 2.46. The van der Waals surface area contributed by atoms with Crippen molar-refractivity contribution in [2.24, 2.45) is 5.92 Å². The van der Waals surface area contributed by atoms with Gasteiger partial charge in [0.25, 0.3) is 0 Å².